The second-order valence-corrected chi connectivity index (χ2v) is 5.93. The van der Waals surface area contributed by atoms with Crippen LogP contribution in [0.4, 0.5) is 0 Å². The van der Waals surface area contributed by atoms with E-state index in [1.165, 1.54) is 5.56 Å². The first-order valence-corrected chi connectivity index (χ1v) is 7.83. The number of ether oxygens (including phenoxy) is 1. The van der Waals surface area contributed by atoms with Crippen LogP contribution in [0.2, 0.25) is 5.02 Å². The Bertz CT molecular complexity index is 645. The fourth-order valence-corrected chi connectivity index (χ4v) is 3.07. The Balaban J connectivity index is 1.60. The number of halogens is 1. The Hall–Kier alpha value is -2.00. The fraction of sp³-hybridized carbons (Fsp3) is 0.278. The molecule has 1 aliphatic heterocycles. The summed E-state index contributed by atoms with van der Waals surface area (Å²) in [5, 5.41) is 3.72. The van der Waals surface area contributed by atoms with E-state index in [0.29, 0.717) is 18.1 Å². The highest BCUT2D eigenvalue weighted by molar-refractivity contribution is 6.30. The molecular formula is C18H18ClNO2. The second kappa shape index (κ2) is 6.84. The molecule has 0 saturated carbocycles. The third-order valence-electron chi connectivity index (χ3n) is 3.96. The van der Waals surface area contributed by atoms with Crippen LogP contribution in [0.15, 0.2) is 54.6 Å². The van der Waals surface area contributed by atoms with Gasteiger partial charge in [0.05, 0.1) is 6.61 Å². The first-order valence-electron chi connectivity index (χ1n) is 7.45. The predicted molar refractivity (Wildman–Crippen MR) is 87.3 cm³/mol. The van der Waals surface area contributed by atoms with Gasteiger partial charge in [0.2, 0.25) is 5.91 Å². The van der Waals surface area contributed by atoms with Gasteiger partial charge in [0, 0.05) is 29.8 Å². The average Bonchev–Trinajstić information content (AvgIpc) is 2.89. The lowest BCUT2D eigenvalue weighted by molar-refractivity contribution is -0.119. The Morgan fingerprint density at radius 3 is 2.73 bits per heavy atom. The summed E-state index contributed by atoms with van der Waals surface area (Å²) >= 11 is 5.94. The molecule has 3 rings (SSSR count). The van der Waals surface area contributed by atoms with Gasteiger partial charge in [0.25, 0.3) is 0 Å². The van der Waals surface area contributed by atoms with Crippen molar-refractivity contribution in [1.82, 2.24) is 5.32 Å². The van der Waals surface area contributed by atoms with Gasteiger partial charge in [0.15, 0.2) is 0 Å². The van der Waals surface area contributed by atoms with E-state index < -0.39 is 0 Å². The summed E-state index contributed by atoms with van der Waals surface area (Å²) in [5.41, 5.74) is 1.20. The van der Waals surface area contributed by atoms with Crippen LogP contribution < -0.4 is 10.1 Å². The van der Waals surface area contributed by atoms with Gasteiger partial charge in [-0.25, -0.2) is 0 Å². The molecule has 1 heterocycles. The fourth-order valence-electron chi connectivity index (χ4n) is 2.89. The molecule has 1 fully saturated rings. The van der Waals surface area contributed by atoms with Gasteiger partial charge >= 0.3 is 0 Å². The molecule has 0 radical (unpaired) electrons. The van der Waals surface area contributed by atoms with Crippen molar-refractivity contribution >= 4 is 17.5 Å². The molecule has 1 saturated heterocycles. The topological polar surface area (TPSA) is 38.3 Å². The van der Waals surface area contributed by atoms with Crippen molar-refractivity contribution in [1.29, 1.82) is 0 Å². The lowest BCUT2D eigenvalue weighted by atomic mass is 9.90. The summed E-state index contributed by atoms with van der Waals surface area (Å²) in [6.07, 6.45) is 1.32. The summed E-state index contributed by atoms with van der Waals surface area (Å²) in [5.74, 6) is 1.09. The molecule has 3 nitrogen and oxygen atoms in total. The van der Waals surface area contributed by atoms with Gasteiger partial charge < -0.3 is 10.1 Å². The molecule has 1 aliphatic rings. The van der Waals surface area contributed by atoms with Crippen molar-refractivity contribution in [2.75, 3.05) is 6.61 Å². The van der Waals surface area contributed by atoms with E-state index in [-0.39, 0.29) is 17.9 Å². The van der Waals surface area contributed by atoms with Crippen LogP contribution in [0.1, 0.15) is 24.3 Å². The van der Waals surface area contributed by atoms with Crippen molar-refractivity contribution in [3.05, 3.63) is 65.2 Å². The molecule has 0 bridgehead atoms. The summed E-state index contributed by atoms with van der Waals surface area (Å²) < 4.78 is 5.73. The number of carbonyl (C=O) groups is 1. The third kappa shape index (κ3) is 3.60. The maximum absolute atomic E-state index is 11.7. The summed E-state index contributed by atoms with van der Waals surface area (Å²) in [6, 6.07) is 17.6. The van der Waals surface area contributed by atoms with Crippen LogP contribution in [0.5, 0.6) is 5.75 Å². The maximum Gasteiger partial charge on any atom is 0.220 e. The van der Waals surface area contributed by atoms with Crippen molar-refractivity contribution in [3.8, 4) is 5.75 Å². The lowest BCUT2D eigenvalue weighted by Crippen LogP contribution is -2.30. The van der Waals surface area contributed by atoms with Crippen LogP contribution >= 0.6 is 11.6 Å². The molecule has 0 aromatic heterocycles. The lowest BCUT2D eigenvalue weighted by Gasteiger charge is -2.19. The minimum absolute atomic E-state index is 0.113. The predicted octanol–water partition coefficient (Wildman–Crippen LogP) is 3.78. The molecule has 1 N–H and O–H groups in total. The maximum atomic E-state index is 11.7. The summed E-state index contributed by atoms with van der Waals surface area (Å²) in [6.45, 7) is 0.550. The van der Waals surface area contributed by atoms with E-state index in [9.17, 15) is 4.79 Å². The molecule has 2 atom stereocenters. The first kappa shape index (κ1) is 14.9. The zero-order valence-electron chi connectivity index (χ0n) is 12.2. The summed E-state index contributed by atoms with van der Waals surface area (Å²) in [7, 11) is 0. The Morgan fingerprint density at radius 2 is 1.95 bits per heavy atom. The van der Waals surface area contributed by atoms with Crippen LogP contribution in [-0.4, -0.2) is 18.6 Å². The van der Waals surface area contributed by atoms with Crippen LogP contribution in [0, 0.1) is 0 Å². The number of benzene rings is 2. The second-order valence-electron chi connectivity index (χ2n) is 5.49. The number of nitrogens with one attached hydrogen (secondary N) is 1. The minimum atomic E-state index is 0.113. The molecule has 0 spiro atoms. The average molecular weight is 316 g/mol. The highest BCUT2D eigenvalue weighted by Crippen LogP contribution is 2.30. The molecular weight excluding hydrogens is 298 g/mol. The van der Waals surface area contributed by atoms with Gasteiger partial charge in [-0.3, -0.25) is 4.79 Å². The molecule has 0 aliphatic carbocycles. The third-order valence-corrected chi connectivity index (χ3v) is 4.19. The van der Waals surface area contributed by atoms with Crippen molar-refractivity contribution in [2.24, 2.45) is 0 Å². The minimum Gasteiger partial charge on any atom is -0.493 e. The molecule has 2 unspecified atom stereocenters. The highest BCUT2D eigenvalue weighted by atomic mass is 35.5. The van der Waals surface area contributed by atoms with Crippen LogP contribution in [0.25, 0.3) is 0 Å². The quantitative estimate of drug-likeness (QED) is 0.912. The Morgan fingerprint density at radius 1 is 1.14 bits per heavy atom. The SMILES string of the molecule is O=C1CC(c2ccccc2)C(CCOc2cccc(Cl)c2)N1. The van der Waals surface area contributed by atoms with E-state index in [4.69, 9.17) is 16.3 Å². The highest BCUT2D eigenvalue weighted by Gasteiger charge is 2.33. The normalized spacial score (nSPS) is 20.7. The molecule has 1 amide bonds. The smallest absolute Gasteiger partial charge is 0.220 e. The summed E-state index contributed by atoms with van der Waals surface area (Å²) in [4.78, 5) is 11.7. The molecule has 4 heteroatoms. The van der Waals surface area contributed by atoms with E-state index in [1.807, 2.05) is 36.4 Å². The van der Waals surface area contributed by atoms with Gasteiger partial charge in [-0.1, -0.05) is 48.0 Å². The van der Waals surface area contributed by atoms with E-state index in [0.717, 1.165) is 12.2 Å². The van der Waals surface area contributed by atoms with Gasteiger partial charge in [-0.15, -0.1) is 0 Å². The van der Waals surface area contributed by atoms with Gasteiger partial charge in [0.1, 0.15) is 5.75 Å². The molecule has 22 heavy (non-hydrogen) atoms. The zero-order valence-corrected chi connectivity index (χ0v) is 12.9. The van der Waals surface area contributed by atoms with E-state index in [1.54, 1.807) is 6.07 Å². The first-order chi connectivity index (χ1) is 10.7. The zero-order chi connectivity index (χ0) is 15.4. The van der Waals surface area contributed by atoms with Crippen molar-refractivity contribution in [2.45, 2.75) is 24.8 Å². The number of carbonyl (C=O) groups excluding carboxylic acids is 1. The van der Waals surface area contributed by atoms with Crippen molar-refractivity contribution < 1.29 is 9.53 Å². The van der Waals surface area contributed by atoms with E-state index >= 15 is 0 Å². The Labute approximate surface area is 135 Å². The van der Waals surface area contributed by atoms with Gasteiger partial charge in [-0.2, -0.15) is 0 Å². The van der Waals surface area contributed by atoms with Crippen LogP contribution in [-0.2, 0) is 4.79 Å². The van der Waals surface area contributed by atoms with E-state index in [2.05, 4.69) is 17.4 Å². The number of hydrogen-bond acceptors (Lipinski definition) is 2. The molecule has 114 valence electrons. The largest absolute Gasteiger partial charge is 0.493 e. The van der Waals surface area contributed by atoms with Crippen molar-refractivity contribution in [3.63, 3.8) is 0 Å². The monoisotopic (exact) mass is 315 g/mol. The van der Waals surface area contributed by atoms with Crippen LogP contribution in [0.3, 0.4) is 0 Å². The number of rotatable bonds is 5. The molecule has 2 aromatic rings. The number of hydrogen-bond donors (Lipinski definition) is 1. The standard InChI is InChI=1S/C18H18ClNO2/c19-14-7-4-8-15(11-14)22-10-9-17-16(12-18(21)20-17)13-5-2-1-3-6-13/h1-8,11,16-17H,9-10,12H2,(H,20,21). The van der Waals surface area contributed by atoms with Gasteiger partial charge in [-0.05, 0) is 23.8 Å². The Kier molecular flexibility index (Phi) is 4.64. The number of amides is 1. The molecule has 2 aromatic carbocycles.